The van der Waals surface area contributed by atoms with Crippen molar-refractivity contribution in [1.29, 1.82) is 0 Å². The number of nitrogens with zero attached hydrogens (tertiary/aromatic N) is 2. The van der Waals surface area contributed by atoms with Gasteiger partial charge in [0.25, 0.3) is 0 Å². The minimum Gasteiger partial charge on any atom is -0.539 e. The fourth-order valence-corrected chi connectivity index (χ4v) is 2.72. The zero-order valence-electron chi connectivity index (χ0n) is 15.9. The van der Waals surface area contributed by atoms with Gasteiger partial charge in [-0.3, -0.25) is 0 Å². The van der Waals surface area contributed by atoms with Gasteiger partial charge in [-0.15, -0.1) is 0 Å². The molecule has 0 aliphatic rings. The molecular formula is C21H20BN3O4. The van der Waals surface area contributed by atoms with E-state index in [1.54, 1.807) is 12.1 Å². The number of carboxylic acid groups (broad SMARTS) is 1. The maximum absolute atomic E-state index is 10.9. The van der Waals surface area contributed by atoms with Crippen LogP contribution < -0.4 is 9.97 Å². The quantitative estimate of drug-likeness (QED) is 0.392. The summed E-state index contributed by atoms with van der Waals surface area (Å²) in [4.78, 5) is 10.9. The third-order valence-corrected chi connectivity index (χ3v) is 4.26. The number of carboxylic acids is 1. The number of azo groups is 1. The van der Waals surface area contributed by atoms with Gasteiger partial charge in [0, 0.05) is 17.8 Å². The van der Waals surface area contributed by atoms with Gasteiger partial charge in [0.1, 0.15) is 5.75 Å². The lowest BCUT2D eigenvalue weighted by Crippen LogP contribution is -2.06. The normalized spacial score (nSPS) is 10.7. The number of benzene rings is 3. The number of nitrogens with one attached hydrogen (secondary N) is 1. The van der Waals surface area contributed by atoms with Crippen LogP contribution in [-0.2, 0) is 6.54 Å². The highest BCUT2D eigenvalue weighted by Crippen LogP contribution is 2.26. The molecule has 3 rings (SSSR count). The van der Waals surface area contributed by atoms with Crippen LogP contribution in [0, 0.1) is 6.92 Å². The summed E-state index contributed by atoms with van der Waals surface area (Å²) in [7, 11) is -0.366. The van der Waals surface area contributed by atoms with Crippen molar-refractivity contribution in [1.82, 2.24) is 0 Å². The topological polar surface area (TPSA) is 104 Å². The van der Waals surface area contributed by atoms with E-state index < -0.39 is 5.97 Å². The summed E-state index contributed by atoms with van der Waals surface area (Å²) < 4.78 is 5.22. The van der Waals surface area contributed by atoms with Gasteiger partial charge in [0.2, 0.25) is 0 Å². The number of anilines is 1. The number of hydrogen-bond acceptors (Lipinski definition) is 6. The van der Waals surface area contributed by atoms with Crippen molar-refractivity contribution in [3.05, 3.63) is 83.4 Å². The monoisotopic (exact) mass is 389 g/mol. The molecule has 0 unspecified atom stereocenters. The van der Waals surface area contributed by atoms with Gasteiger partial charge in [-0.25, -0.2) is 4.79 Å². The standard InChI is InChI=1S/C21H20BN3O4/c1-14-12-18(23-13-16-4-2-3-5-20(16)29-22-28)10-11-19(14)25-24-17-8-6-15(7-9-17)21(26)27/h2-12,22-23,28H,13H2,1H3,(H,26,27)/b25-24+. The van der Waals surface area contributed by atoms with Gasteiger partial charge >= 0.3 is 13.7 Å². The Morgan fingerprint density at radius 1 is 1.07 bits per heavy atom. The van der Waals surface area contributed by atoms with E-state index in [-0.39, 0.29) is 13.2 Å². The van der Waals surface area contributed by atoms with Crippen LogP contribution >= 0.6 is 0 Å². The van der Waals surface area contributed by atoms with Crippen molar-refractivity contribution < 1.29 is 19.6 Å². The molecule has 0 atom stereocenters. The molecule has 0 amide bonds. The van der Waals surface area contributed by atoms with Gasteiger partial charge in [-0.05, 0) is 61.0 Å². The maximum Gasteiger partial charge on any atom is 0.504 e. The molecule has 0 radical (unpaired) electrons. The van der Waals surface area contributed by atoms with Gasteiger partial charge in [0.05, 0.1) is 16.9 Å². The van der Waals surface area contributed by atoms with Crippen LogP contribution in [0.1, 0.15) is 21.5 Å². The van der Waals surface area contributed by atoms with E-state index in [0.29, 0.717) is 18.0 Å². The third-order valence-electron chi connectivity index (χ3n) is 4.26. The molecule has 0 spiro atoms. The van der Waals surface area contributed by atoms with Crippen molar-refractivity contribution >= 4 is 30.7 Å². The maximum atomic E-state index is 10.9. The highest BCUT2D eigenvalue weighted by molar-refractivity contribution is 6.17. The smallest absolute Gasteiger partial charge is 0.504 e. The molecule has 0 aliphatic carbocycles. The molecule has 7 nitrogen and oxygen atoms in total. The van der Waals surface area contributed by atoms with E-state index in [2.05, 4.69) is 15.5 Å². The first kappa shape index (κ1) is 20.1. The van der Waals surface area contributed by atoms with E-state index in [1.807, 2.05) is 49.4 Å². The van der Waals surface area contributed by atoms with Gasteiger partial charge in [-0.2, -0.15) is 10.2 Å². The fraction of sp³-hybridized carbons (Fsp3) is 0.0952. The molecular weight excluding hydrogens is 369 g/mol. The van der Waals surface area contributed by atoms with Gasteiger partial charge in [-0.1, -0.05) is 18.2 Å². The molecule has 3 aromatic rings. The lowest BCUT2D eigenvalue weighted by atomic mass is 10.1. The average Bonchev–Trinajstić information content (AvgIpc) is 2.73. The lowest BCUT2D eigenvalue weighted by molar-refractivity contribution is 0.0697. The first-order chi connectivity index (χ1) is 14.1. The molecule has 0 bridgehead atoms. The summed E-state index contributed by atoms with van der Waals surface area (Å²) in [5.41, 5.74) is 4.32. The predicted molar refractivity (Wildman–Crippen MR) is 113 cm³/mol. The van der Waals surface area contributed by atoms with Crippen LogP contribution in [0.3, 0.4) is 0 Å². The molecule has 0 heterocycles. The van der Waals surface area contributed by atoms with Crippen molar-refractivity contribution in [3.63, 3.8) is 0 Å². The largest absolute Gasteiger partial charge is 0.539 e. The van der Waals surface area contributed by atoms with Gasteiger partial charge in [0.15, 0.2) is 0 Å². The molecule has 0 aromatic heterocycles. The first-order valence-corrected chi connectivity index (χ1v) is 8.98. The van der Waals surface area contributed by atoms with Crippen molar-refractivity contribution in [3.8, 4) is 5.75 Å². The zero-order valence-corrected chi connectivity index (χ0v) is 15.9. The molecule has 0 aliphatic heterocycles. The molecule has 0 saturated carbocycles. The van der Waals surface area contributed by atoms with Gasteiger partial charge < -0.3 is 20.1 Å². The van der Waals surface area contributed by atoms with Crippen molar-refractivity contribution in [2.45, 2.75) is 13.5 Å². The van der Waals surface area contributed by atoms with Crippen molar-refractivity contribution in [2.24, 2.45) is 10.2 Å². The number of aryl methyl sites for hydroxylation is 1. The number of rotatable bonds is 8. The Morgan fingerprint density at radius 3 is 2.52 bits per heavy atom. The minimum absolute atomic E-state index is 0.210. The van der Waals surface area contributed by atoms with E-state index in [0.717, 1.165) is 22.5 Å². The summed E-state index contributed by atoms with van der Waals surface area (Å²) in [6, 6.07) is 19.5. The lowest BCUT2D eigenvalue weighted by Gasteiger charge is -2.12. The summed E-state index contributed by atoms with van der Waals surface area (Å²) in [5, 5.41) is 29.6. The highest BCUT2D eigenvalue weighted by atomic mass is 16.5. The van der Waals surface area contributed by atoms with E-state index >= 15 is 0 Å². The molecule has 0 fully saturated rings. The Labute approximate surface area is 169 Å². The summed E-state index contributed by atoms with van der Waals surface area (Å²) in [5.74, 6) is -0.337. The Bertz CT molecular complexity index is 1020. The number of para-hydroxylation sites is 1. The first-order valence-electron chi connectivity index (χ1n) is 8.98. The third kappa shape index (κ3) is 5.43. The molecule has 29 heavy (non-hydrogen) atoms. The molecule has 3 aromatic carbocycles. The average molecular weight is 389 g/mol. The van der Waals surface area contributed by atoms with Crippen LogP contribution in [0.4, 0.5) is 17.1 Å². The second-order valence-electron chi connectivity index (χ2n) is 6.29. The Kier molecular flexibility index (Phi) is 6.60. The number of hydrogen-bond donors (Lipinski definition) is 3. The molecule has 0 saturated heterocycles. The van der Waals surface area contributed by atoms with Crippen LogP contribution in [0.5, 0.6) is 5.75 Å². The molecule has 8 heteroatoms. The highest BCUT2D eigenvalue weighted by Gasteiger charge is 2.05. The van der Waals surface area contributed by atoms with E-state index in [4.69, 9.17) is 14.8 Å². The number of aromatic carboxylic acids is 1. The summed E-state index contributed by atoms with van der Waals surface area (Å²) in [6.45, 7) is 2.49. The second kappa shape index (κ2) is 9.52. The minimum atomic E-state index is -0.974. The van der Waals surface area contributed by atoms with Crippen LogP contribution in [-0.4, -0.2) is 23.8 Å². The van der Waals surface area contributed by atoms with Crippen LogP contribution in [0.15, 0.2) is 77.0 Å². The summed E-state index contributed by atoms with van der Waals surface area (Å²) in [6.07, 6.45) is 0. The molecule has 3 N–H and O–H groups in total. The Hall–Kier alpha value is -3.65. The van der Waals surface area contributed by atoms with Crippen LogP contribution in [0.25, 0.3) is 0 Å². The summed E-state index contributed by atoms with van der Waals surface area (Å²) >= 11 is 0. The second-order valence-corrected chi connectivity index (χ2v) is 6.29. The fourth-order valence-electron chi connectivity index (χ4n) is 2.72. The van der Waals surface area contributed by atoms with E-state index in [1.165, 1.54) is 12.1 Å². The SMILES string of the molecule is Cc1cc(NCc2ccccc2OBO)ccc1/N=N/c1ccc(C(=O)O)cc1. The predicted octanol–water partition coefficient (Wildman–Crippen LogP) is 4.36. The van der Waals surface area contributed by atoms with E-state index in [9.17, 15) is 4.79 Å². The molecule has 146 valence electrons. The number of carbonyl (C=O) groups is 1. The van der Waals surface area contributed by atoms with Crippen LogP contribution in [0.2, 0.25) is 0 Å². The Balaban J connectivity index is 1.66. The Morgan fingerprint density at radius 2 is 1.83 bits per heavy atom. The van der Waals surface area contributed by atoms with Crippen molar-refractivity contribution in [2.75, 3.05) is 5.32 Å². The zero-order chi connectivity index (χ0) is 20.6.